The highest BCUT2D eigenvalue weighted by Crippen LogP contribution is 2.33. The van der Waals surface area contributed by atoms with Crippen molar-refractivity contribution in [1.82, 2.24) is 4.98 Å². The number of oxime groups is 1. The highest BCUT2D eigenvalue weighted by Gasteiger charge is 2.31. The smallest absolute Gasteiger partial charge is 0.331 e. The molecule has 2 aliphatic carbocycles. The molecule has 1 saturated carbocycles. The van der Waals surface area contributed by atoms with E-state index in [9.17, 15) is 9.59 Å². The van der Waals surface area contributed by atoms with E-state index in [2.05, 4.69) is 23.3 Å². The second-order valence-corrected chi connectivity index (χ2v) is 6.79. The standard InChI is InChI=1S/C21H24N2O3/c1-4-16-17-12-15(10-11-19(17)22-18(16)5-2)21(25)20(23-26-13(3)24)14-8-6-7-9-14/h4-5,12,14,22H,1-2,6-11H2,3H3/b23-20+. The van der Waals surface area contributed by atoms with Crippen LogP contribution in [0.2, 0.25) is 0 Å². The first-order valence-electron chi connectivity index (χ1n) is 9.05. The molecule has 1 aromatic heterocycles. The van der Waals surface area contributed by atoms with Crippen molar-refractivity contribution in [3.8, 4) is 0 Å². The van der Waals surface area contributed by atoms with Crippen molar-refractivity contribution in [2.24, 2.45) is 11.1 Å². The monoisotopic (exact) mass is 352 g/mol. The largest absolute Gasteiger partial charge is 0.358 e. The summed E-state index contributed by atoms with van der Waals surface area (Å²) in [5.74, 6) is -0.554. The third kappa shape index (κ3) is 3.47. The Balaban J connectivity index is 1.95. The minimum Gasteiger partial charge on any atom is -0.358 e. The quantitative estimate of drug-likeness (QED) is 0.471. The second kappa shape index (κ2) is 7.68. The number of aromatic amines is 1. The maximum atomic E-state index is 13.1. The average Bonchev–Trinajstić information content (AvgIpc) is 3.27. The van der Waals surface area contributed by atoms with Crippen LogP contribution in [-0.2, 0) is 20.8 Å². The van der Waals surface area contributed by atoms with Crippen LogP contribution in [0.4, 0.5) is 0 Å². The number of H-pyrrole nitrogens is 1. The number of nitrogens with zero attached hydrogens (tertiary/aromatic N) is 1. The number of nitrogens with one attached hydrogen (secondary N) is 1. The summed E-state index contributed by atoms with van der Waals surface area (Å²) in [6.07, 6.45) is 10.8. The molecule has 5 heteroatoms. The maximum Gasteiger partial charge on any atom is 0.331 e. The fourth-order valence-electron chi connectivity index (χ4n) is 3.81. The first-order valence-corrected chi connectivity index (χ1v) is 9.05. The van der Waals surface area contributed by atoms with Gasteiger partial charge in [-0.1, -0.05) is 37.2 Å². The fourth-order valence-corrected chi connectivity index (χ4v) is 3.81. The predicted molar refractivity (Wildman–Crippen MR) is 103 cm³/mol. The molecule has 1 aromatic rings. The molecule has 1 N–H and O–H groups in total. The minimum atomic E-state index is -0.511. The Morgan fingerprint density at radius 1 is 1.23 bits per heavy atom. The summed E-state index contributed by atoms with van der Waals surface area (Å²) in [6, 6.07) is 0. The van der Waals surface area contributed by atoms with E-state index < -0.39 is 5.97 Å². The summed E-state index contributed by atoms with van der Waals surface area (Å²) < 4.78 is 0. The van der Waals surface area contributed by atoms with E-state index in [4.69, 9.17) is 4.84 Å². The van der Waals surface area contributed by atoms with Gasteiger partial charge < -0.3 is 9.82 Å². The van der Waals surface area contributed by atoms with Gasteiger partial charge in [0.15, 0.2) is 0 Å². The van der Waals surface area contributed by atoms with E-state index in [1.165, 1.54) is 6.92 Å². The zero-order valence-electron chi connectivity index (χ0n) is 15.1. The molecule has 136 valence electrons. The van der Waals surface area contributed by atoms with Gasteiger partial charge in [-0.15, -0.1) is 0 Å². The number of allylic oxidation sites excluding steroid dienone is 1. The topological polar surface area (TPSA) is 71.5 Å². The Morgan fingerprint density at radius 2 is 1.96 bits per heavy atom. The molecular weight excluding hydrogens is 328 g/mol. The fraction of sp³-hybridized carbons (Fsp3) is 0.381. The highest BCUT2D eigenvalue weighted by molar-refractivity contribution is 6.47. The number of Topliss-reactive ketones (excluding diaryl/α,β-unsaturated/α-hetero) is 1. The van der Waals surface area contributed by atoms with Crippen molar-refractivity contribution in [3.63, 3.8) is 0 Å². The number of carbonyl (C=O) groups is 2. The molecule has 0 aromatic carbocycles. The number of hydrogen-bond donors (Lipinski definition) is 1. The highest BCUT2D eigenvalue weighted by atomic mass is 16.7. The first-order chi connectivity index (χ1) is 12.5. The van der Waals surface area contributed by atoms with Crippen LogP contribution in [0, 0.1) is 5.92 Å². The van der Waals surface area contributed by atoms with Gasteiger partial charge in [0.05, 0.1) is 0 Å². The summed E-state index contributed by atoms with van der Waals surface area (Å²) >= 11 is 0. The molecule has 2 aliphatic rings. The number of hydrogen-bond acceptors (Lipinski definition) is 4. The van der Waals surface area contributed by atoms with E-state index in [0.717, 1.165) is 54.6 Å². The van der Waals surface area contributed by atoms with Gasteiger partial charge >= 0.3 is 5.97 Å². The summed E-state index contributed by atoms with van der Waals surface area (Å²) in [4.78, 5) is 32.5. The van der Waals surface area contributed by atoms with Gasteiger partial charge in [-0.3, -0.25) is 4.79 Å². The van der Waals surface area contributed by atoms with Gasteiger partial charge in [-0.05, 0) is 37.8 Å². The lowest BCUT2D eigenvalue weighted by Gasteiger charge is -2.17. The third-order valence-corrected chi connectivity index (χ3v) is 5.10. The van der Waals surface area contributed by atoms with E-state index in [-0.39, 0.29) is 11.7 Å². The molecule has 3 rings (SSSR count). The summed E-state index contributed by atoms with van der Waals surface area (Å²) in [6.45, 7) is 8.99. The van der Waals surface area contributed by atoms with Gasteiger partial charge in [0.1, 0.15) is 5.71 Å². The van der Waals surface area contributed by atoms with Crippen LogP contribution in [0.25, 0.3) is 18.2 Å². The van der Waals surface area contributed by atoms with Gasteiger partial charge in [-0.25, -0.2) is 4.79 Å². The van der Waals surface area contributed by atoms with Crippen LogP contribution in [0.3, 0.4) is 0 Å². The molecular formula is C21H24N2O3. The molecule has 0 radical (unpaired) electrons. The van der Waals surface area contributed by atoms with Crippen molar-refractivity contribution in [2.75, 3.05) is 0 Å². The van der Waals surface area contributed by atoms with Crippen molar-refractivity contribution in [2.45, 2.75) is 45.4 Å². The Bertz CT molecular complexity index is 821. The van der Waals surface area contributed by atoms with E-state index in [0.29, 0.717) is 17.7 Å². The van der Waals surface area contributed by atoms with Crippen LogP contribution < -0.4 is 0 Å². The van der Waals surface area contributed by atoms with Crippen LogP contribution in [0.1, 0.15) is 61.5 Å². The van der Waals surface area contributed by atoms with Gasteiger partial charge in [-0.2, -0.15) is 0 Å². The Kier molecular flexibility index (Phi) is 5.35. The van der Waals surface area contributed by atoms with Gasteiger partial charge in [0.25, 0.3) is 0 Å². The molecule has 1 fully saturated rings. The number of aryl methyl sites for hydroxylation is 1. The van der Waals surface area contributed by atoms with E-state index in [1.807, 2.05) is 6.08 Å². The Labute approximate surface area is 153 Å². The first kappa shape index (κ1) is 18.1. The van der Waals surface area contributed by atoms with Crippen LogP contribution >= 0.6 is 0 Å². The molecule has 0 atom stereocenters. The molecule has 26 heavy (non-hydrogen) atoms. The van der Waals surface area contributed by atoms with E-state index >= 15 is 0 Å². The molecule has 5 nitrogen and oxygen atoms in total. The number of aromatic nitrogens is 1. The lowest BCUT2D eigenvalue weighted by atomic mass is 9.87. The Morgan fingerprint density at radius 3 is 2.58 bits per heavy atom. The number of rotatable bonds is 6. The lowest BCUT2D eigenvalue weighted by Crippen LogP contribution is -2.25. The molecule has 0 spiro atoms. The van der Waals surface area contributed by atoms with Gasteiger partial charge in [0.2, 0.25) is 5.78 Å². The molecule has 0 aliphatic heterocycles. The van der Waals surface area contributed by atoms with Crippen molar-refractivity contribution in [3.05, 3.63) is 41.2 Å². The molecule has 0 saturated heterocycles. The average molecular weight is 352 g/mol. The molecule has 0 unspecified atom stereocenters. The van der Waals surface area contributed by atoms with Crippen LogP contribution in [0.5, 0.6) is 0 Å². The van der Waals surface area contributed by atoms with Crippen molar-refractivity contribution < 1.29 is 14.4 Å². The predicted octanol–water partition coefficient (Wildman–Crippen LogP) is 4.31. The summed E-state index contributed by atoms with van der Waals surface area (Å²) in [5, 5.41) is 3.93. The molecule has 0 bridgehead atoms. The minimum absolute atomic E-state index is 0.0676. The normalized spacial score (nSPS) is 17.4. The van der Waals surface area contributed by atoms with Crippen LogP contribution in [-0.4, -0.2) is 22.4 Å². The number of carbonyl (C=O) groups excluding carboxylic acids is 2. The molecule has 0 amide bonds. The van der Waals surface area contributed by atoms with Gasteiger partial charge in [0, 0.05) is 40.9 Å². The van der Waals surface area contributed by atoms with Crippen LogP contribution in [0.15, 0.2) is 23.9 Å². The maximum absolute atomic E-state index is 13.1. The third-order valence-electron chi connectivity index (χ3n) is 5.10. The van der Waals surface area contributed by atoms with E-state index in [1.54, 1.807) is 12.2 Å². The second-order valence-electron chi connectivity index (χ2n) is 6.79. The summed E-state index contributed by atoms with van der Waals surface area (Å²) in [7, 11) is 0. The number of fused-ring (bicyclic) bond motifs is 1. The SMILES string of the molecule is C=Cc1[nH]c2c(c1C=C)C=C(C(=O)/C(=N/OC(C)=O)C1CCCC1)CC2. The zero-order valence-corrected chi connectivity index (χ0v) is 15.1. The van der Waals surface area contributed by atoms with Crippen molar-refractivity contribution >= 4 is 35.7 Å². The lowest BCUT2D eigenvalue weighted by molar-refractivity contribution is -0.141. The Hall–Kier alpha value is -2.69. The number of ketones is 1. The zero-order chi connectivity index (χ0) is 18.7. The van der Waals surface area contributed by atoms with Crippen molar-refractivity contribution in [1.29, 1.82) is 0 Å². The molecule has 1 heterocycles. The summed E-state index contributed by atoms with van der Waals surface area (Å²) in [5.41, 5.74) is 5.03.